The van der Waals surface area contributed by atoms with Crippen molar-refractivity contribution in [3.05, 3.63) is 36.7 Å². The molecule has 0 fully saturated rings. The minimum atomic E-state index is 0. The topological polar surface area (TPSA) is 24.1 Å². The van der Waals surface area contributed by atoms with Gasteiger partial charge in [-0.2, -0.15) is 0 Å². The number of unbranched alkanes of at least 4 members (excludes halogenated alkanes) is 11. The summed E-state index contributed by atoms with van der Waals surface area (Å²) >= 11 is 0. The molecule has 0 amide bonds. The summed E-state index contributed by atoms with van der Waals surface area (Å²) in [4.78, 5) is 0. The monoisotopic (exact) mass is 421 g/mol. The van der Waals surface area contributed by atoms with Gasteiger partial charge >= 0.3 is 0 Å². The predicted molar refractivity (Wildman–Crippen MR) is 107 cm³/mol. The highest BCUT2D eigenvalue weighted by molar-refractivity contribution is 5.86. The smallest absolute Gasteiger partial charge is 0.176 e. The van der Waals surface area contributed by atoms with Crippen molar-refractivity contribution in [3.8, 4) is 5.75 Å². The number of halogens is 1. The van der Waals surface area contributed by atoms with Crippen molar-refractivity contribution >= 4 is 10.8 Å². The van der Waals surface area contributed by atoms with Crippen LogP contribution in [-0.2, 0) is 6.54 Å². The van der Waals surface area contributed by atoms with Crippen LogP contribution in [0.1, 0.15) is 84.0 Å². The van der Waals surface area contributed by atoms with Crippen molar-refractivity contribution < 1.29 is 26.7 Å². The maximum absolute atomic E-state index is 9.84. The zero-order chi connectivity index (χ0) is 17.7. The first-order valence-electron chi connectivity index (χ1n) is 10.4. The molecule has 0 aliphatic carbocycles. The summed E-state index contributed by atoms with van der Waals surface area (Å²) in [6, 6.07) is 7.74. The first-order chi connectivity index (χ1) is 12.3. The first-order valence-corrected chi connectivity index (χ1v) is 10.4. The molecule has 1 heterocycles. The highest BCUT2D eigenvalue weighted by Gasteiger charge is 2.05. The average molecular weight is 422 g/mol. The molecular formula is C23H36BrNO. The van der Waals surface area contributed by atoms with Crippen molar-refractivity contribution in [1.82, 2.24) is 0 Å². The second-order valence-electron chi connectivity index (χ2n) is 7.35. The maximum Gasteiger partial charge on any atom is 0.176 e. The third-order valence-electron chi connectivity index (χ3n) is 5.12. The van der Waals surface area contributed by atoms with E-state index < -0.39 is 0 Å². The van der Waals surface area contributed by atoms with Crippen LogP contribution in [0.15, 0.2) is 36.7 Å². The van der Waals surface area contributed by atoms with Crippen LogP contribution >= 0.6 is 0 Å². The minimum Gasteiger partial charge on any atom is -1.00 e. The molecule has 0 unspecified atom stereocenters. The molecule has 26 heavy (non-hydrogen) atoms. The van der Waals surface area contributed by atoms with E-state index in [1.165, 1.54) is 77.0 Å². The number of rotatable bonds is 13. The Labute approximate surface area is 170 Å². The van der Waals surface area contributed by atoms with Crippen molar-refractivity contribution in [2.24, 2.45) is 0 Å². The molecule has 0 bridgehead atoms. The van der Waals surface area contributed by atoms with Crippen LogP contribution in [0.25, 0.3) is 10.8 Å². The van der Waals surface area contributed by atoms with E-state index in [0.29, 0.717) is 5.75 Å². The summed E-state index contributed by atoms with van der Waals surface area (Å²) in [6.45, 7) is 3.35. The van der Waals surface area contributed by atoms with Gasteiger partial charge in [-0.1, -0.05) is 77.2 Å². The van der Waals surface area contributed by atoms with E-state index in [4.69, 9.17) is 0 Å². The molecule has 0 atom stereocenters. The van der Waals surface area contributed by atoms with Crippen LogP contribution in [0.2, 0.25) is 0 Å². The number of fused-ring (bicyclic) bond motifs is 1. The van der Waals surface area contributed by atoms with Gasteiger partial charge in [0, 0.05) is 23.3 Å². The van der Waals surface area contributed by atoms with Gasteiger partial charge < -0.3 is 22.1 Å². The number of hydrogen-bond acceptors (Lipinski definition) is 1. The van der Waals surface area contributed by atoms with Crippen LogP contribution in [0.5, 0.6) is 5.75 Å². The van der Waals surface area contributed by atoms with Crippen molar-refractivity contribution in [2.45, 2.75) is 90.5 Å². The molecule has 0 saturated carbocycles. The van der Waals surface area contributed by atoms with Gasteiger partial charge in [0.1, 0.15) is 12.3 Å². The number of hydrogen-bond donors (Lipinski definition) is 1. The van der Waals surface area contributed by atoms with E-state index >= 15 is 0 Å². The van der Waals surface area contributed by atoms with Gasteiger partial charge in [-0.25, -0.2) is 4.57 Å². The molecule has 3 heteroatoms. The number of benzene rings is 1. The first kappa shape index (κ1) is 23.0. The number of aromatic hydroxyl groups is 1. The van der Waals surface area contributed by atoms with Gasteiger partial charge in [0.25, 0.3) is 0 Å². The Hall–Kier alpha value is -1.09. The minimum absolute atomic E-state index is 0. The number of nitrogens with zero attached hydrogens (tertiary/aromatic N) is 1. The fourth-order valence-corrected chi connectivity index (χ4v) is 3.53. The Morgan fingerprint density at radius 2 is 1.35 bits per heavy atom. The Morgan fingerprint density at radius 1 is 0.769 bits per heavy atom. The third-order valence-corrected chi connectivity index (χ3v) is 5.12. The Kier molecular flexibility index (Phi) is 12.4. The zero-order valence-electron chi connectivity index (χ0n) is 16.4. The molecule has 0 saturated heterocycles. The lowest BCUT2D eigenvalue weighted by atomic mass is 10.1. The SMILES string of the molecule is CCCCCCCCCCCCCC[n+]1ccc2c(O)cccc2c1.[Br-]. The molecule has 1 aromatic carbocycles. The average Bonchev–Trinajstić information content (AvgIpc) is 2.63. The van der Waals surface area contributed by atoms with E-state index in [0.717, 1.165) is 17.3 Å². The van der Waals surface area contributed by atoms with E-state index in [2.05, 4.69) is 30.0 Å². The zero-order valence-corrected chi connectivity index (χ0v) is 18.0. The lowest BCUT2D eigenvalue weighted by Crippen LogP contribution is -3.00. The van der Waals surface area contributed by atoms with Gasteiger partial charge in [0.15, 0.2) is 12.4 Å². The molecule has 0 aliphatic heterocycles. The molecular weight excluding hydrogens is 386 g/mol. The summed E-state index contributed by atoms with van der Waals surface area (Å²) in [5, 5.41) is 11.9. The van der Waals surface area contributed by atoms with Gasteiger partial charge in [-0.3, -0.25) is 0 Å². The van der Waals surface area contributed by atoms with Crippen molar-refractivity contribution in [1.29, 1.82) is 0 Å². The number of aryl methyl sites for hydroxylation is 1. The summed E-state index contributed by atoms with van der Waals surface area (Å²) in [6.07, 6.45) is 20.9. The maximum atomic E-state index is 9.84. The third kappa shape index (κ3) is 8.53. The largest absolute Gasteiger partial charge is 1.00 e. The lowest BCUT2D eigenvalue weighted by Gasteiger charge is -2.03. The van der Waals surface area contributed by atoms with Crippen molar-refractivity contribution in [2.75, 3.05) is 0 Å². The second kappa shape index (κ2) is 14.0. The summed E-state index contributed by atoms with van der Waals surface area (Å²) < 4.78 is 2.25. The summed E-state index contributed by atoms with van der Waals surface area (Å²) in [7, 11) is 0. The summed E-state index contributed by atoms with van der Waals surface area (Å²) in [5.41, 5.74) is 0. The van der Waals surface area contributed by atoms with Gasteiger partial charge in [0.05, 0.1) is 0 Å². The number of phenols is 1. The molecule has 2 nitrogen and oxygen atoms in total. The fourth-order valence-electron chi connectivity index (χ4n) is 3.53. The molecule has 2 rings (SSSR count). The number of phenolic OH excluding ortho intramolecular Hbond substituents is 1. The standard InChI is InChI=1S/C23H35NO.BrH/c1-2-3-4-5-6-7-8-9-10-11-12-13-18-24-19-17-22-21(20-24)15-14-16-23(22)25;/h14-17,19-20H,2-13,18H2,1H3;1H. The van der Waals surface area contributed by atoms with Crippen LogP contribution < -0.4 is 21.5 Å². The van der Waals surface area contributed by atoms with E-state index in [9.17, 15) is 5.11 Å². The molecule has 0 spiro atoms. The van der Waals surface area contributed by atoms with Crippen LogP contribution in [-0.4, -0.2) is 5.11 Å². The van der Waals surface area contributed by atoms with Gasteiger partial charge in [-0.15, -0.1) is 0 Å². The lowest BCUT2D eigenvalue weighted by molar-refractivity contribution is -0.696. The van der Waals surface area contributed by atoms with Gasteiger partial charge in [0.2, 0.25) is 0 Å². The summed E-state index contributed by atoms with van der Waals surface area (Å²) in [5.74, 6) is 0.370. The van der Waals surface area contributed by atoms with Crippen LogP contribution in [0, 0.1) is 0 Å². The second-order valence-corrected chi connectivity index (χ2v) is 7.35. The van der Waals surface area contributed by atoms with Crippen molar-refractivity contribution in [3.63, 3.8) is 0 Å². The Balaban J connectivity index is 0.00000338. The molecule has 2 aromatic rings. The van der Waals surface area contributed by atoms with Gasteiger partial charge in [-0.05, 0) is 18.6 Å². The number of pyridine rings is 1. The fraction of sp³-hybridized carbons (Fsp3) is 0.609. The molecule has 1 N–H and O–H groups in total. The van der Waals surface area contributed by atoms with E-state index in [1.807, 2.05) is 12.1 Å². The van der Waals surface area contributed by atoms with Crippen LogP contribution in [0.3, 0.4) is 0 Å². The molecule has 146 valence electrons. The quantitative estimate of drug-likeness (QED) is 0.388. The molecule has 0 aliphatic rings. The normalized spacial score (nSPS) is 10.8. The Bertz CT molecular complexity index is 614. The predicted octanol–water partition coefficient (Wildman–Crippen LogP) is 3.54. The molecule has 0 radical (unpaired) electrons. The highest BCUT2D eigenvalue weighted by atomic mass is 79.9. The van der Waals surface area contributed by atoms with E-state index in [-0.39, 0.29) is 17.0 Å². The number of aromatic nitrogens is 1. The van der Waals surface area contributed by atoms with Crippen LogP contribution in [0.4, 0.5) is 0 Å². The molecule has 1 aromatic heterocycles. The Morgan fingerprint density at radius 3 is 1.96 bits per heavy atom. The van der Waals surface area contributed by atoms with E-state index in [1.54, 1.807) is 6.07 Å². The highest BCUT2D eigenvalue weighted by Crippen LogP contribution is 2.22.